The average Bonchev–Trinajstić information content (AvgIpc) is 3.38. The molecule has 3 rings (SSSR count). The van der Waals surface area contributed by atoms with Crippen LogP contribution >= 0.6 is 0 Å². The molecule has 0 N–H and O–H groups in total. The fourth-order valence-electron chi connectivity index (χ4n) is 4.27. The Bertz CT molecular complexity index is 1010. The van der Waals surface area contributed by atoms with Crippen LogP contribution in [0, 0.1) is 0 Å². The first-order chi connectivity index (χ1) is 17.7. The van der Waals surface area contributed by atoms with Crippen LogP contribution in [0.1, 0.15) is 113 Å². The molecule has 3 aromatic rings. The minimum atomic E-state index is -0.485. The van der Waals surface area contributed by atoms with E-state index in [-0.39, 0.29) is 5.76 Å². The number of benzene rings is 1. The Morgan fingerprint density at radius 1 is 0.722 bits per heavy atom. The fourth-order valence-corrected chi connectivity index (χ4v) is 4.27. The molecule has 0 saturated carbocycles. The van der Waals surface area contributed by atoms with E-state index in [1.165, 1.54) is 63.4 Å². The lowest BCUT2D eigenvalue weighted by Gasteiger charge is -2.06. The molecule has 0 aliphatic rings. The van der Waals surface area contributed by atoms with Crippen molar-refractivity contribution in [2.24, 2.45) is 0 Å². The molecule has 0 aliphatic heterocycles. The van der Waals surface area contributed by atoms with Gasteiger partial charge in [0.25, 0.3) is 0 Å². The molecule has 0 aliphatic carbocycles. The van der Waals surface area contributed by atoms with E-state index in [1.54, 1.807) is 18.2 Å². The first-order valence-corrected chi connectivity index (χ1v) is 13.9. The Labute approximate surface area is 216 Å². The molecule has 2 aromatic heterocycles. The number of hydrogen-bond donors (Lipinski definition) is 0. The van der Waals surface area contributed by atoms with Crippen molar-refractivity contribution in [3.8, 4) is 17.1 Å². The van der Waals surface area contributed by atoms with E-state index in [2.05, 4.69) is 23.8 Å². The summed E-state index contributed by atoms with van der Waals surface area (Å²) in [5.41, 5.74) is 2.07. The minimum absolute atomic E-state index is 0.233. The van der Waals surface area contributed by atoms with Crippen LogP contribution in [0.3, 0.4) is 0 Å². The highest BCUT2D eigenvalue weighted by atomic mass is 16.5. The normalized spacial score (nSPS) is 11.1. The lowest BCUT2D eigenvalue weighted by molar-refractivity contribution is 0.0699. The van der Waals surface area contributed by atoms with Crippen LogP contribution < -0.4 is 4.74 Å². The predicted molar refractivity (Wildman–Crippen MR) is 145 cm³/mol. The smallest absolute Gasteiger partial charge is 0.379 e. The number of unbranched alkanes of at least 4 members (excludes halogenated alkanes) is 10. The Balaban J connectivity index is 1.40. The van der Waals surface area contributed by atoms with E-state index in [0.29, 0.717) is 11.6 Å². The molecule has 0 atom stereocenters. The minimum Gasteiger partial charge on any atom is -0.454 e. The summed E-state index contributed by atoms with van der Waals surface area (Å²) in [4.78, 5) is 21.5. The molecule has 0 bridgehead atoms. The molecular weight excluding hydrogens is 448 g/mol. The molecule has 0 amide bonds. The van der Waals surface area contributed by atoms with Crippen molar-refractivity contribution in [1.82, 2.24) is 9.97 Å². The highest BCUT2D eigenvalue weighted by Crippen LogP contribution is 2.21. The van der Waals surface area contributed by atoms with Crippen LogP contribution in [0.5, 0.6) is 5.75 Å². The van der Waals surface area contributed by atoms with Crippen molar-refractivity contribution >= 4 is 5.97 Å². The maximum atomic E-state index is 12.4. The molecule has 0 fully saturated rings. The summed E-state index contributed by atoms with van der Waals surface area (Å²) in [5, 5.41) is 0. The van der Waals surface area contributed by atoms with Gasteiger partial charge >= 0.3 is 5.97 Å². The summed E-state index contributed by atoms with van der Waals surface area (Å²) in [6, 6.07) is 10.8. The number of furan rings is 1. The summed E-state index contributed by atoms with van der Waals surface area (Å²) in [6.07, 6.45) is 21.1. The second kappa shape index (κ2) is 15.9. The van der Waals surface area contributed by atoms with Gasteiger partial charge in [-0.05, 0) is 61.2 Å². The van der Waals surface area contributed by atoms with Gasteiger partial charge in [0.2, 0.25) is 5.76 Å². The van der Waals surface area contributed by atoms with Crippen molar-refractivity contribution in [3.63, 3.8) is 0 Å². The van der Waals surface area contributed by atoms with E-state index in [4.69, 9.17) is 9.15 Å². The molecule has 0 radical (unpaired) electrons. The van der Waals surface area contributed by atoms with E-state index in [0.717, 1.165) is 43.4 Å². The number of hydrogen-bond acceptors (Lipinski definition) is 5. The third kappa shape index (κ3) is 9.60. The van der Waals surface area contributed by atoms with Crippen LogP contribution in [0.2, 0.25) is 0 Å². The van der Waals surface area contributed by atoms with Crippen molar-refractivity contribution < 1.29 is 13.9 Å². The molecule has 0 spiro atoms. The third-order valence-electron chi connectivity index (χ3n) is 6.49. The maximum absolute atomic E-state index is 12.4. The summed E-state index contributed by atoms with van der Waals surface area (Å²) in [6.45, 7) is 4.43. The largest absolute Gasteiger partial charge is 0.454 e. The quantitative estimate of drug-likeness (QED) is 0.107. The lowest BCUT2D eigenvalue weighted by Crippen LogP contribution is -2.07. The number of esters is 1. The maximum Gasteiger partial charge on any atom is 0.379 e. The van der Waals surface area contributed by atoms with Gasteiger partial charge in [0.05, 0.1) is 0 Å². The lowest BCUT2D eigenvalue weighted by atomic mass is 10.1. The van der Waals surface area contributed by atoms with Gasteiger partial charge < -0.3 is 9.15 Å². The first-order valence-electron chi connectivity index (χ1n) is 13.9. The van der Waals surface area contributed by atoms with Crippen LogP contribution in [0.15, 0.2) is 53.2 Å². The van der Waals surface area contributed by atoms with E-state index >= 15 is 0 Å². The Morgan fingerprint density at radius 2 is 1.31 bits per heavy atom. The second-order valence-corrected chi connectivity index (χ2v) is 9.63. The molecule has 0 unspecified atom stereocenters. The number of aryl methyl sites for hydroxylation is 2. The fraction of sp³-hybridized carbons (Fsp3) is 0.516. The number of carbonyl (C=O) groups is 1. The van der Waals surface area contributed by atoms with E-state index in [1.807, 2.05) is 30.6 Å². The Hall–Kier alpha value is -2.95. The SMILES string of the molecule is CCCCCCCCCCCc1cnc(-c2ccc(OC(=O)c3ccc(CCCCC)o3)cc2)nc1. The topological polar surface area (TPSA) is 65.2 Å². The average molecular weight is 491 g/mol. The van der Waals surface area contributed by atoms with Gasteiger partial charge in [-0.15, -0.1) is 0 Å². The number of rotatable bonds is 17. The van der Waals surface area contributed by atoms with Crippen molar-refractivity contribution in [2.75, 3.05) is 0 Å². The molecular formula is C31H42N2O3. The van der Waals surface area contributed by atoms with Gasteiger partial charge in [0.15, 0.2) is 5.82 Å². The number of aromatic nitrogens is 2. The van der Waals surface area contributed by atoms with Gasteiger partial charge in [-0.25, -0.2) is 14.8 Å². The highest BCUT2D eigenvalue weighted by molar-refractivity contribution is 5.88. The summed E-state index contributed by atoms with van der Waals surface area (Å²) in [7, 11) is 0. The van der Waals surface area contributed by atoms with Gasteiger partial charge in [0.1, 0.15) is 11.5 Å². The molecule has 5 heteroatoms. The summed E-state index contributed by atoms with van der Waals surface area (Å²) >= 11 is 0. The van der Waals surface area contributed by atoms with Crippen LogP contribution in [0.4, 0.5) is 0 Å². The molecule has 5 nitrogen and oxygen atoms in total. The first kappa shape index (κ1) is 27.6. The zero-order valence-corrected chi connectivity index (χ0v) is 22.1. The van der Waals surface area contributed by atoms with Crippen molar-refractivity contribution in [1.29, 1.82) is 0 Å². The van der Waals surface area contributed by atoms with Gasteiger partial charge in [-0.3, -0.25) is 0 Å². The van der Waals surface area contributed by atoms with Crippen molar-refractivity contribution in [3.05, 3.63) is 65.9 Å². The monoisotopic (exact) mass is 490 g/mol. The molecule has 0 saturated heterocycles. The standard InChI is InChI=1S/C31H42N2O3/c1-3-5-7-8-9-10-11-12-14-15-25-23-32-30(33-24-25)26-17-19-28(20-18-26)36-31(34)29-22-21-27(35-29)16-13-6-4-2/h17-24H,3-16H2,1-2H3. The predicted octanol–water partition coefficient (Wildman–Crippen LogP) is 8.76. The van der Waals surface area contributed by atoms with Gasteiger partial charge in [-0.1, -0.05) is 78.1 Å². The molecule has 2 heterocycles. The molecule has 194 valence electrons. The van der Waals surface area contributed by atoms with E-state index < -0.39 is 5.97 Å². The van der Waals surface area contributed by atoms with Crippen LogP contribution in [-0.4, -0.2) is 15.9 Å². The second-order valence-electron chi connectivity index (χ2n) is 9.63. The zero-order valence-electron chi connectivity index (χ0n) is 22.1. The van der Waals surface area contributed by atoms with E-state index in [9.17, 15) is 4.79 Å². The van der Waals surface area contributed by atoms with Crippen molar-refractivity contribution in [2.45, 2.75) is 104 Å². The Kier molecular flexibility index (Phi) is 12.2. The highest BCUT2D eigenvalue weighted by Gasteiger charge is 2.14. The zero-order chi connectivity index (χ0) is 25.4. The number of carbonyl (C=O) groups excluding carboxylic acids is 1. The number of ether oxygens (including phenoxy) is 1. The molecule has 36 heavy (non-hydrogen) atoms. The van der Waals surface area contributed by atoms with Gasteiger partial charge in [0, 0.05) is 24.4 Å². The summed E-state index contributed by atoms with van der Waals surface area (Å²) < 4.78 is 11.1. The van der Waals surface area contributed by atoms with Gasteiger partial charge in [-0.2, -0.15) is 0 Å². The molecule has 1 aromatic carbocycles. The van der Waals surface area contributed by atoms with Crippen LogP contribution in [0.25, 0.3) is 11.4 Å². The van der Waals surface area contributed by atoms with Crippen LogP contribution in [-0.2, 0) is 12.8 Å². The Morgan fingerprint density at radius 3 is 1.97 bits per heavy atom. The summed E-state index contributed by atoms with van der Waals surface area (Å²) in [5.74, 6) is 1.71. The third-order valence-corrected chi connectivity index (χ3v) is 6.49. The number of nitrogens with zero attached hydrogens (tertiary/aromatic N) is 2.